The van der Waals surface area contributed by atoms with Crippen molar-refractivity contribution in [2.75, 3.05) is 31.8 Å². The highest BCUT2D eigenvalue weighted by molar-refractivity contribution is 8.07. The van der Waals surface area contributed by atoms with E-state index >= 15 is 4.39 Å². The van der Waals surface area contributed by atoms with Gasteiger partial charge in [-0.25, -0.2) is 29.3 Å². The molecule has 45 heavy (non-hydrogen) atoms. The zero-order valence-electron chi connectivity index (χ0n) is 23.2. The molecule has 238 valence electrons. The average molecular weight is 683 g/mol. The number of nitrogen functional groups attached to an aromatic ring is 2. The lowest BCUT2D eigenvalue weighted by atomic mass is 10.1. The van der Waals surface area contributed by atoms with Crippen LogP contribution in [0.3, 0.4) is 0 Å². The van der Waals surface area contributed by atoms with Crippen molar-refractivity contribution in [1.82, 2.24) is 34.1 Å². The maximum atomic E-state index is 16.0. The molecule has 3 aliphatic rings. The number of anilines is 2. The van der Waals surface area contributed by atoms with Crippen molar-refractivity contribution in [3.8, 4) is 0 Å². The molecule has 18 nitrogen and oxygen atoms in total. The van der Waals surface area contributed by atoms with Crippen LogP contribution in [0.25, 0.3) is 22.3 Å². The summed E-state index contributed by atoms with van der Waals surface area (Å²) in [6.07, 6.45) is -5.05. The third-order valence-corrected chi connectivity index (χ3v) is 10.2. The number of nitrogens with two attached hydrogens (primary N) is 2. The van der Waals surface area contributed by atoms with Gasteiger partial charge in [-0.3, -0.25) is 18.2 Å². The number of halogens is 1. The molecule has 0 aliphatic carbocycles. The van der Waals surface area contributed by atoms with Crippen LogP contribution in [0.2, 0.25) is 0 Å². The Kier molecular flexibility index (Phi) is 7.93. The number of rotatable bonds is 3. The van der Waals surface area contributed by atoms with Gasteiger partial charge in [0.05, 0.1) is 31.6 Å². The Labute approximate surface area is 259 Å². The van der Waals surface area contributed by atoms with E-state index in [4.69, 9.17) is 63.1 Å². The number of methoxy groups -OCH3 is 1. The topological polar surface area (TPSA) is 228 Å². The molecule has 4 unspecified atom stereocenters. The number of fused-ring (bicyclic) bond motifs is 4. The van der Waals surface area contributed by atoms with Gasteiger partial charge in [0.1, 0.15) is 47.9 Å². The fraction of sp³-hybridized carbons (Fsp3) is 0.500. The summed E-state index contributed by atoms with van der Waals surface area (Å²) in [6, 6.07) is 1.54. The predicted molar refractivity (Wildman–Crippen MR) is 157 cm³/mol. The van der Waals surface area contributed by atoms with Gasteiger partial charge in [-0.15, -0.1) is 0 Å². The molecule has 0 amide bonds. The van der Waals surface area contributed by atoms with Crippen molar-refractivity contribution in [3.05, 3.63) is 31.2 Å². The minimum absolute atomic E-state index is 0.139. The Morgan fingerprint density at radius 3 is 2.44 bits per heavy atom. The molecule has 7 heterocycles. The van der Waals surface area contributed by atoms with Crippen molar-refractivity contribution in [3.63, 3.8) is 0 Å². The monoisotopic (exact) mass is 683 g/mol. The molecule has 0 aromatic carbocycles. The fourth-order valence-corrected chi connectivity index (χ4v) is 7.99. The molecule has 7 rings (SSSR count). The van der Waals surface area contributed by atoms with Gasteiger partial charge < -0.3 is 44.1 Å². The van der Waals surface area contributed by atoms with E-state index in [1.807, 2.05) is 0 Å². The van der Waals surface area contributed by atoms with Crippen LogP contribution < -0.4 is 11.5 Å². The summed E-state index contributed by atoms with van der Waals surface area (Å²) in [7, 11) is 2.83. The SMILES string of the molecule is [B]P1(=O)OC[C@H]2O[C@@H](n3cnc4c(N)ncnc43)C(OC)[C@H]2OP(O)(=S)OC[C@H]2O[C@@H](n3cnc4c(N)ccnc43)[C@@H](F)C2O1. The second-order valence-electron chi connectivity index (χ2n) is 10.3. The average Bonchev–Trinajstić information content (AvgIpc) is 3.75. The van der Waals surface area contributed by atoms with Gasteiger partial charge in [0, 0.05) is 13.3 Å². The first-order chi connectivity index (χ1) is 21.5. The Morgan fingerprint density at radius 2 is 1.67 bits per heavy atom. The van der Waals surface area contributed by atoms with Crippen molar-refractivity contribution in [1.29, 1.82) is 0 Å². The fourth-order valence-electron chi connectivity index (χ4n) is 5.55. The second kappa shape index (κ2) is 11.5. The lowest BCUT2D eigenvalue weighted by Crippen LogP contribution is -2.39. The Morgan fingerprint density at radius 1 is 1.00 bits per heavy atom. The van der Waals surface area contributed by atoms with Crippen LogP contribution in [0.4, 0.5) is 15.9 Å². The molecule has 4 aromatic heterocycles. The molecule has 3 aliphatic heterocycles. The largest absolute Gasteiger partial charge is 0.397 e. The maximum Gasteiger partial charge on any atom is 0.325 e. The molecule has 2 radical (unpaired) electrons. The van der Waals surface area contributed by atoms with Gasteiger partial charge >= 0.3 is 6.72 Å². The van der Waals surface area contributed by atoms with Gasteiger partial charge in [-0.2, -0.15) is 0 Å². The normalized spacial score (nSPS) is 37.7. The first kappa shape index (κ1) is 31.0. The molecule has 0 spiro atoms. The first-order valence-electron chi connectivity index (χ1n) is 13.3. The summed E-state index contributed by atoms with van der Waals surface area (Å²) in [4.78, 5) is 31.9. The van der Waals surface area contributed by atoms with Gasteiger partial charge in [-0.05, 0) is 17.9 Å². The Hall–Kier alpha value is -2.68. The predicted octanol–water partition coefficient (Wildman–Crippen LogP) is 0.894. The van der Waals surface area contributed by atoms with E-state index in [0.29, 0.717) is 22.4 Å². The summed E-state index contributed by atoms with van der Waals surface area (Å²) < 4.78 is 72.5. The van der Waals surface area contributed by atoms with E-state index < -0.39 is 76.6 Å². The van der Waals surface area contributed by atoms with Crippen molar-refractivity contribution in [2.45, 2.75) is 49.1 Å². The van der Waals surface area contributed by atoms with Crippen LogP contribution in [0, 0.1) is 0 Å². The summed E-state index contributed by atoms with van der Waals surface area (Å²) in [5, 5.41) is 0. The Balaban J connectivity index is 1.18. The molecule has 0 bridgehead atoms. The molecular formula is C22H25BFN9O9P2S. The van der Waals surface area contributed by atoms with E-state index in [-0.39, 0.29) is 11.5 Å². The van der Waals surface area contributed by atoms with E-state index in [2.05, 4.69) is 24.9 Å². The molecule has 23 heteroatoms. The molecule has 3 fully saturated rings. The molecule has 0 saturated carbocycles. The lowest BCUT2D eigenvalue weighted by molar-refractivity contribution is -0.0592. The highest BCUT2D eigenvalue weighted by atomic mass is 32.5. The maximum absolute atomic E-state index is 16.0. The zero-order valence-corrected chi connectivity index (χ0v) is 25.8. The highest BCUT2D eigenvalue weighted by Gasteiger charge is 2.53. The van der Waals surface area contributed by atoms with Crippen molar-refractivity contribution < 1.29 is 46.2 Å². The van der Waals surface area contributed by atoms with E-state index in [1.54, 1.807) is 6.07 Å². The summed E-state index contributed by atoms with van der Waals surface area (Å²) in [6.45, 7) is -5.16. The number of hydrogen-bond donors (Lipinski definition) is 3. The third kappa shape index (κ3) is 5.55. The molecule has 10 atom stereocenters. The quantitative estimate of drug-likeness (QED) is 0.201. The van der Waals surface area contributed by atoms with Crippen LogP contribution in [-0.4, -0.2) is 104 Å². The lowest BCUT2D eigenvalue weighted by Gasteiger charge is -2.30. The van der Waals surface area contributed by atoms with Crippen molar-refractivity contribution in [2.24, 2.45) is 0 Å². The highest BCUT2D eigenvalue weighted by Crippen LogP contribution is 2.54. The van der Waals surface area contributed by atoms with E-state index in [1.165, 1.54) is 41.4 Å². The summed E-state index contributed by atoms with van der Waals surface area (Å²) in [5.74, 6) is 0.139. The molecular weight excluding hydrogens is 658 g/mol. The molecule has 3 saturated heterocycles. The minimum atomic E-state index is -4.49. The summed E-state index contributed by atoms with van der Waals surface area (Å²) in [5.41, 5.74) is 13.4. The van der Waals surface area contributed by atoms with Crippen LogP contribution >= 0.6 is 14.2 Å². The van der Waals surface area contributed by atoms with Crippen LogP contribution in [0.5, 0.6) is 0 Å². The smallest absolute Gasteiger partial charge is 0.325 e. The van der Waals surface area contributed by atoms with Gasteiger partial charge in [0.2, 0.25) is 7.57 Å². The van der Waals surface area contributed by atoms with Gasteiger partial charge in [-0.1, -0.05) is 0 Å². The standard InChI is InChI=1S/C22H25BFN9O9P2S/c1-36-17-16-11(40-22(17)33-8-31-14-18(26)28-6-29-20(14)33)4-37-43(23,34)41-15-10(5-38-44(35,45)42-16)39-21(12(15)24)32-7-30-13-9(25)2-3-27-19(13)32/h2-3,6-8,10-12,15-17,21-22H,4-5H2,1H3,(H2,25,27)(H,35,45)(H2,26,28,29)/t10-,11-,12+,15?,16+,17?,21-,22-,43?,44?/m1/s1. The Bertz CT molecular complexity index is 1860. The van der Waals surface area contributed by atoms with Gasteiger partial charge in [0.15, 0.2) is 35.7 Å². The number of nitrogens with zero attached hydrogens (tertiary/aromatic N) is 7. The molecule has 4 aromatic rings. The van der Waals surface area contributed by atoms with E-state index in [0.717, 1.165) is 0 Å². The second-order valence-corrected chi connectivity index (χ2v) is 14.7. The van der Waals surface area contributed by atoms with E-state index in [9.17, 15) is 9.46 Å². The van der Waals surface area contributed by atoms with Crippen molar-refractivity contribution >= 4 is 67.4 Å². The van der Waals surface area contributed by atoms with Crippen LogP contribution in [-0.2, 0) is 48.7 Å². The minimum Gasteiger partial charge on any atom is -0.397 e. The number of aromatic nitrogens is 7. The third-order valence-electron chi connectivity index (χ3n) is 7.60. The zero-order chi connectivity index (χ0) is 31.7. The van der Waals surface area contributed by atoms with Crippen LogP contribution in [0.15, 0.2) is 31.2 Å². The van der Waals surface area contributed by atoms with Gasteiger partial charge in [0.25, 0.3) is 7.47 Å². The number of hydrogen-bond acceptors (Lipinski definition) is 16. The molecule has 5 N–H and O–H groups in total. The number of pyridine rings is 1. The van der Waals surface area contributed by atoms with Crippen LogP contribution in [0.1, 0.15) is 12.5 Å². The summed E-state index contributed by atoms with van der Waals surface area (Å²) >= 11 is 5.31. The number of ether oxygens (including phenoxy) is 3. The first-order valence-corrected chi connectivity index (χ1v) is 17.5. The number of imidazole rings is 2. The number of alkyl halides is 1.